The van der Waals surface area contributed by atoms with Gasteiger partial charge in [0, 0.05) is 24.5 Å². The minimum atomic E-state index is 0.0509. The predicted octanol–water partition coefficient (Wildman–Crippen LogP) is 0.139. The molecule has 0 heterocycles. The van der Waals surface area contributed by atoms with Crippen molar-refractivity contribution < 1.29 is 9.90 Å². The lowest BCUT2D eigenvalue weighted by Gasteiger charge is -2.05. The van der Waals surface area contributed by atoms with Crippen LogP contribution in [0.15, 0.2) is 0 Å². The van der Waals surface area contributed by atoms with Crippen molar-refractivity contribution in [1.82, 2.24) is 5.32 Å². The molecule has 11 heavy (non-hydrogen) atoms. The van der Waals surface area contributed by atoms with Crippen molar-refractivity contribution in [2.75, 3.05) is 6.61 Å². The molecule has 2 N–H and O–H groups in total. The third kappa shape index (κ3) is 2.19. The van der Waals surface area contributed by atoms with Gasteiger partial charge in [0.15, 0.2) is 0 Å². The zero-order valence-corrected chi connectivity index (χ0v) is 7.00. The summed E-state index contributed by atoms with van der Waals surface area (Å²) in [6.45, 7) is 3.93. The van der Waals surface area contributed by atoms with Gasteiger partial charge in [-0.3, -0.25) is 4.79 Å². The Labute approximate surface area is 66.8 Å². The number of carbonyl (C=O) groups is 1. The van der Waals surface area contributed by atoms with Crippen LogP contribution in [0.4, 0.5) is 0 Å². The number of rotatable bonds is 3. The maximum atomic E-state index is 11.1. The van der Waals surface area contributed by atoms with E-state index in [0.29, 0.717) is 5.92 Å². The quantitative estimate of drug-likeness (QED) is 0.612. The van der Waals surface area contributed by atoms with Crippen molar-refractivity contribution in [2.24, 2.45) is 11.8 Å². The highest BCUT2D eigenvalue weighted by molar-refractivity contribution is 5.78. The lowest BCUT2D eigenvalue weighted by molar-refractivity contribution is -0.124. The first-order valence-electron chi connectivity index (χ1n) is 4.06. The molecule has 0 bridgehead atoms. The minimum absolute atomic E-state index is 0.0509. The van der Waals surface area contributed by atoms with E-state index in [1.165, 1.54) is 0 Å². The molecule has 0 spiro atoms. The van der Waals surface area contributed by atoms with Gasteiger partial charge in [-0.1, -0.05) is 13.8 Å². The van der Waals surface area contributed by atoms with Crippen LogP contribution in [0.1, 0.15) is 20.3 Å². The molecule has 1 fully saturated rings. The standard InChI is InChI=1S/C8H15NO2/c1-5(2)8(11)9-7-3-6(7)4-10/h5-7,10H,3-4H2,1-2H3,(H,9,11). The largest absolute Gasteiger partial charge is 0.396 e. The highest BCUT2D eigenvalue weighted by Gasteiger charge is 2.37. The van der Waals surface area contributed by atoms with Gasteiger partial charge in [-0.25, -0.2) is 0 Å². The molecule has 0 aromatic carbocycles. The van der Waals surface area contributed by atoms with Gasteiger partial charge in [-0.2, -0.15) is 0 Å². The zero-order chi connectivity index (χ0) is 8.43. The van der Waals surface area contributed by atoms with E-state index in [9.17, 15) is 4.79 Å². The Kier molecular flexibility index (Phi) is 2.49. The van der Waals surface area contributed by atoms with Gasteiger partial charge in [-0.15, -0.1) is 0 Å². The first-order valence-corrected chi connectivity index (χ1v) is 4.06. The lowest BCUT2D eigenvalue weighted by Crippen LogP contribution is -2.30. The lowest BCUT2D eigenvalue weighted by atomic mass is 10.2. The second kappa shape index (κ2) is 3.22. The van der Waals surface area contributed by atoms with Crippen LogP contribution in [-0.2, 0) is 4.79 Å². The zero-order valence-electron chi connectivity index (χ0n) is 7.00. The van der Waals surface area contributed by atoms with Crippen LogP contribution in [-0.4, -0.2) is 23.7 Å². The molecule has 1 aliphatic rings. The van der Waals surface area contributed by atoms with E-state index < -0.39 is 0 Å². The molecule has 3 heteroatoms. The van der Waals surface area contributed by atoms with Crippen LogP contribution in [0.5, 0.6) is 0 Å². The molecule has 0 saturated heterocycles. The predicted molar refractivity (Wildman–Crippen MR) is 42.0 cm³/mol. The number of hydrogen-bond acceptors (Lipinski definition) is 2. The summed E-state index contributed by atoms with van der Waals surface area (Å²) in [4.78, 5) is 11.1. The Hall–Kier alpha value is -0.570. The fourth-order valence-electron chi connectivity index (χ4n) is 0.976. The smallest absolute Gasteiger partial charge is 0.222 e. The Bertz CT molecular complexity index is 156. The summed E-state index contributed by atoms with van der Waals surface area (Å²) < 4.78 is 0. The van der Waals surface area contributed by atoms with E-state index in [2.05, 4.69) is 5.32 Å². The molecule has 1 aliphatic carbocycles. The van der Waals surface area contributed by atoms with E-state index in [1.54, 1.807) is 0 Å². The van der Waals surface area contributed by atoms with Crippen molar-refractivity contribution in [2.45, 2.75) is 26.3 Å². The monoisotopic (exact) mass is 157 g/mol. The number of aliphatic hydroxyl groups is 1. The van der Waals surface area contributed by atoms with Crippen LogP contribution in [0, 0.1) is 11.8 Å². The Morgan fingerprint density at radius 3 is 2.73 bits per heavy atom. The SMILES string of the molecule is CC(C)C(=O)NC1CC1CO. The van der Waals surface area contributed by atoms with Crippen molar-refractivity contribution in [3.63, 3.8) is 0 Å². The average molecular weight is 157 g/mol. The van der Waals surface area contributed by atoms with E-state index in [0.717, 1.165) is 6.42 Å². The second-order valence-corrected chi connectivity index (χ2v) is 3.45. The summed E-state index contributed by atoms with van der Waals surface area (Å²) in [6, 6.07) is 0.245. The first-order chi connectivity index (χ1) is 5.15. The van der Waals surface area contributed by atoms with E-state index in [4.69, 9.17) is 5.11 Å². The van der Waals surface area contributed by atoms with Gasteiger partial charge in [0.2, 0.25) is 5.91 Å². The summed E-state index contributed by atoms with van der Waals surface area (Å²) in [7, 11) is 0. The molecule has 2 atom stereocenters. The number of nitrogens with one attached hydrogen (secondary N) is 1. The number of hydrogen-bond donors (Lipinski definition) is 2. The molecule has 2 unspecified atom stereocenters. The number of carbonyl (C=O) groups excluding carboxylic acids is 1. The molecular weight excluding hydrogens is 142 g/mol. The Morgan fingerprint density at radius 2 is 2.36 bits per heavy atom. The Balaban J connectivity index is 2.18. The fourth-order valence-corrected chi connectivity index (χ4v) is 0.976. The molecule has 1 saturated carbocycles. The fraction of sp³-hybridized carbons (Fsp3) is 0.875. The summed E-state index contributed by atoms with van der Waals surface area (Å²) in [5.74, 6) is 0.457. The molecule has 0 aromatic heterocycles. The number of amides is 1. The van der Waals surface area contributed by atoms with Crippen molar-refractivity contribution in [1.29, 1.82) is 0 Å². The average Bonchev–Trinajstić information content (AvgIpc) is 2.67. The van der Waals surface area contributed by atoms with Crippen LogP contribution in [0.25, 0.3) is 0 Å². The van der Waals surface area contributed by atoms with Gasteiger partial charge < -0.3 is 10.4 Å². The van der Waals surface area contributed by atoms with Gasteiger partial charge >= 0.3 is 0 Å². The molecular formula is C8H15NO2. The Morgan fingerprint density at radius 1 is 1.73 bits per heavy atom. The van der Waals surface area contributed by atoms with Crippen LogP contribution in [0.2, 0.25) is 0 Å². The maximum absolute atomic E-state index is 11.1. The summed E-state index contributed by atoms with van der Waals surface area (Å²) in [5, 5.41) is 11.5. The van der Waals surface area contributed by atoms with Crippen molar-refractivity contribution >= 4 is 5.91 Å². The molecule has 1 amide bonds. The van der Waals surface area contributed by atoms with Gasteiger partial charge in [0.1, 0.15) is 0 Å². The maximum Gasteiger partial charge on any atom is 0.222 e. The molecule has 3 nitrogen and oxygen atoms in total. The molecule has 1 rings (SSSR count). The summed E-state index contributed by atoms with van der Waals surface area (Å²) in [5.41, 5.74) is 0. The third-order valence-electron chi connectivity index (χ3n) is 2.01. The van der Waals surface area contributed by atoms with Crippen LogP contribution < -0.4 is 5.32 Å². The van der Waals surface area contributed by atoms with Crippen molar-refractivity contribution in [3.05, 3.63) is 0 Å². The molecule has 0 aliphatic heterocycles. The number of aliphatic hydroxyl groups excluding tert-OH is 1. The van der Waals surface area contributed by atoms with Crippen LogP contribution >= 0.6 is 0 Å². The van der Waals surface area contributed by atoms with Crippen molar-refractivity contribution in [3.8, 4) is 0 Å². The van der Waals surface area contributed by atoms with E-state index in [-0.39, 0.29) is 24.5 Å². The minimum Gasteiger partial charge on any atom is -0.396 e. The third-order valence-corrected chi connectivity index (χ3v) is 2.01. The van der Waals surface area contributed by atoms with Gasteiger partial charge in [0.05, 0.1) is 0 Å². The molecule has 0 radical (unpaired) electrons. The van der Waals surface area contributed by atoms with Gasteiger partial charge in [-0.05, 0) is 6.42 Å². The van der Waals surface area contributed by atoms with Gasteiger partial charge in [0.25, 0.3) is 0 Å². The second-order valence-electron chi connectivity index (χ2n) is 3.45. The van der Waals surface area contributed by atoms with E-state index in [1.807, 2.05) is 13.8 Å². The summed E-state index contributed by atoms with van der Waals surface area (Å²) in [6.07, 6.45) is 0.939. The molecule has 64 valence electrons. The highest BCUT2D eigenvalue weighted by Crippen LogP contribution is 2.29. The topological polar surface area (TPSA) is 49.3 Å². The van der Waals surface area contributed by atoms with Crippen LogP contribution in [0.3, 0.4) is 0 Å². The first kappa shape index (κ1) is 8.53. The normalized spacial score (nSPS) is 28.7. The molecule has 0 aromatic rings. The summed E-state index contributed by atoms with van der Waals surface area (Å²) >= 11 is 0. The van der Waals surface area contributed by atoms with E-state index >= 15 is 0 Å². The highest BCUT2D eigenvalue weighted by atomic mass is 16.3.